The van der Waals surface area contributed by atoms with E-state index in [1.54, 1.807) is 21.9 Å². The van der Waals surface area contributed by atoms with Gasteiger partial charge in [-0.15, -0.1) is 0 Å². The highest BCUT2D eigenvalue weighted by Crippen LogP contribution is 2.32. The standard InChI is InChI=1S/C39H46N6O2.C31H26N6O6.2CO2/c1-8-30-23-44(24-35(46)47-39(5,6)7)21-28-11-9-13-31(40-28)33-19-17-26-15-16-27-18-20-34(43-37(27)36(26)42-33)32-14-10-12-29(41-32)22-45(30)25-38(2,3)4;38-18-42-17-37-14-23-4-2-6-25(33-23)27-12-10-21-8-7-20-9-11-26(34-30(20)31(21)35-27)24-5-1-3-22(32-24)13-36(16-29(40)41)15-28(37)43-19-39;2*2-1-3/h9-20,30H,8,21-25H2,1-7H3;1-12,18-19,28H,13-17H2,(H,40,41);;. The third kappa shape index (κ3) is 18.5. The SMILES string of the molecule is CCC1CN(CC(=O)OC(C)(C)C)Cc2cccc(n2)-c2ccc3ccc4ccc(nc4c3n2)-c2cccc(n2)CN1CC(C)(C)C.O=C=O.O=C=O.O=COCN1Cc2cccc(n2)-c2ccc3ccc4ccc(nc4c3n2)-c2cccc(n2)CN(CC(=O)O)CC1OC=O. The molecule has 12 rings (SSSR count). The van der Waals surface area contributed by atoms with E-state index < -0.39 is 17.8 Å². The molecule has 10 heterocycles. The van der Waals surface area contributed by atoms with Crippen molar-refractivity contribution in [2.24, 2.45) is 5.41 Å². The fourth-order valence-corrected chi connectivity index (χ4v) is 11.5. The minimum atomic E-state index is -1.07. The molecule has 16 bridgehead atoms. The summed E-state index contributed by atoms with van der Waals surface area (Å²) in [6.07, 6.45) is 0.433. The van der Waals surface area contributed by atoms with Crippen LogP contribution >= 0.6 is 0 Å². The zero-order chi connectivity index (χ0) is 68.5. The van der Waals surface area contributed by atoms with Gasteiger partial charge in [0.2, 0.25) is 0 Å². The predicted molar refractivity (Wildman–Crippen MR) is 354 cm³/mol. The quantitative estimate of drug-likeness (QED) is 0.0545. The molecule has 0 saturated carbocycles. The molecule has 2 atom stereocenters. The van der Waals surface area contributed by atoms with Crippen molar-refractivity contribution >= 4 is 80.8 Å². The van der Waals surface area contributed by atoms with Crippen molar-refractivity contribution in [3.8, 4) is 45.6 Å². The number of ether oxygens (including phenoxy) is 3. The highest BCUT2D eigenvalue weighted by atomic mass is 16.6. The lowest BCUT2D eigenvalue weighted by molar-refractivity contribution is -0.193. The molecule has 492 valence electrons. The van der Waals surface area contributed by atoms with Crippen LogP contribution in [-0.4, -0.2) is 159 Å². The molecule has 0 amide bonds. The van der Waals surface area contributed by atoms with Crippen molar-refractivity contribution in [3.05, 3.63) is 168 Å². The zero-order valence-corrected chi connectivity index (χ0v) is 54.2. The molecule has 0 spiro atoms. The molecule has 24 nitrogen and oxygen atoms in total. The molecule has 24 heteroatoms. The van der Waals surface area contributed by atoms with Gasteiger partial charge in [-0.25, -0.2) is 44.8 Å². The molecule has 8 aromatic heterocycles. The lowest BCUT2D eigenvalue weighted by Crippen LogP contribution is -2.47. The van der Waals surface area contributed by atoms with Gasteiger partial charge < -0.3 is 19.3 Å². The van der Waals surface area contributed by atoms with Crippen molar-refractivity contribution in [2.75, 3.05) is 39.5 Å². The molecule has 0 fully saturated rings. The molecule has 10 aromatic rings. The average Bonchev–Trinajstić information content (AvgIpc) is 0.811. The van der Waals surface area contributed by atoms with Crippen molar-refractivity contribution < 1.29 is 57.7 Å². The fourth-order valence-electron chi connectivity index (χ4n) is 11.5. The van der Waals surface area contributed by atoms with Crippen LogP contribution in [0.25, 0.3) is 89.2 Å². The predicted octanol–water partition coefficient (Wildman–Crippen LogP) is 9.76. The van der Waals surface area contributed by atoms with E-state index >= 15 is 0 Å². The Morgan fingerprint density at radius 1 is 0.490 bits per heavy atom. The molecule has 0 saturated heterocycles. The minimum absolute atomic E-state index is 0.0192. The number of carboxylic acid groups (broad SMARTS) is 1. The Bertz CT molecular complexity index is 4500. The molecule has 0 radical (unpaired) electrons. The van der Waals surface area contributed by atoms with Gasteiger partial charge in [-0.3, -0.25) is 33.9 Å². The topological polar surface area (TPSA) is 301 Å². The van der Waals surface area contributed by atoms with E-state index in [1.807, 2.05) is 118 Å². The Labute approximate surface area is 553 Å². The maximum atomic E-state index is 13.2. The van der Waals surface area contributed by atoms with Crippen molar-refractivity contribution in [1.29, 1.82) is 0 Å². The summed E-state index contributed by atoms with van der Waals surface area (Å²) in [4.78, 5) is 128. The van der Waals surface area contributed by atoms with Gasteiger partial charge in [0.05, 0.1) is 110 Å². The number of aliphatic carboxylic acids is 1. The zero-order valence-electron chi connectivity index (χ0n) is 54.2. The van der Waals surface area contributed by atoms with Crippen LogP contribution in [0.3, 0.4) is 0 Å². The molecule has 96 heavy (non-hydrogen) atoms. The van der Waals surface area contributed by atoms with Crippen molar-refractivity contribution in [3.63, 3.8) is 0 Å². The van der Waals surface area contributed by atoms with E-state index in [0.717, 1.165) is 90.7 Å². The highest BCUT2D eigenvalue weighted by Gasteiger charge is 2.30. The van der Waals surface area contributed by atoms with Gasteiger partial charge >= 0.3 is 24.2 Å². The number of carboxylic acids is 1. The van der Waals surface area contributed by atoms with Gasteiger partial charge in [0.25, 0.3) is 12.9 Å². The summed E-state index contributed by atoms with van der Waals surface area (Å²) in [6.45, 7) is 17.9. The lowest BCUT2D eigenvalue weighted by atomic mass is 9.94. The number of aromatic nitrogens is 8. The largest absolute Gasteiger partial charge is 0.480 e. The number of rotatable bonds is 11. The maximum absolute atomic E-state index is 13.2. The number of pyridine rings is 8. The lowest BCUT2D eigenvalue weighted by Gasteiger charge is -2.38. The summed E-state index contributed by atoms with van der Waals surface area (Å²) < 4.78 is 16.2. The summed E-state index contributed by atoms with van der Waals surface area (Å²) >= 11 is 0. The summed E-state index contributed by atoms with van der Waals surface area (Å²) in [5, 5.41) is 13.6. The number of hydrogen-bond donors (Lipinski definition) is 1. The van der Waals surface area contributed by atoms with Crippen LogP contribution < -0.4 is 0 Å². The molecule has 2 unspecified atom stereocenters. The highest BCUT2D eigenvalue weighted by molar-refractivity contribution is 6.05. The number of hydrogen-bond acceptors (Lipinski definition) is 23. The van der Waals surface area contributed by atoms with Gasteiger partial charge in [-0.05, 0) is 105 Å². The van der Waals surface area contributed by atoms with Crippen LogP contribution in [0.15, 0.2) is 146 Å². The number of carbonyl (C=O) groups excluding carboxylic acids is 7. The summed E-state index contributed by atoms with van der Waals surface area (Å²) in [5.41, 5.74) is 11.4. The second kappa shape index (κ2) is 31.9. The Hall–Kier alpha value is -10.8. The average molecular weight is 1300 g/mol. The summed E-state index contributed by atoms with van der Waals surface area (Å²) in [6, 6.07) is 47.5. The van der Waals surface area contributed by atoms with E-state index in [4.69, 9.17) is 73.3 Å². The summed E-state index contributed by atoms with van der Waals surface area (Å²) in [5.74, 6) is -1.31. The van der Waals surface area contributed by atoms with E-state index in [9.17, 15) is 24.3 Å². The van der Waals surface area contributed by atoms with Crippen LogP contribution in [0, 0.1) is 5.41 Å². The minimum Gasteiger partial charge on any atom is -0.480 e. The number of benzene rings is 2. The Morgan fingerprint density at radius 3 is 1.19 bits per heavy atom. The Morgan fingerprint density at radius 2 is 0.844 bits per heavy atom. The third-order valence-electron chi connectivity index (χ3n) is 15.4. The smallest absolute Gasteiger partial charge is 0.373 e. The van der Waals surface area contributed by atoms with Gasteiger partial charge in [0.1, 0.15) is 12.3 Å². The molecule has 0 aliphatic carbocycles. The molecular weight excluding hydrogens is 1220 g/mol. The first-order chi connectivity index (χ1) is 46.2. The van der Waals surface area contributed by atoms with Crippen LogP contribution in [0.1, 0.15) is 77.7 Å². The number of esters is 1. The molecule has 1 N–H and O–H groups in total. The molecule has 2 aliphatic rings. The monoisotopic (exact) mass is 1300 g/mol. The Kier molecular flexibility index (Phi) is 23.1. The van der Waals surface area contributed by atoms with E-state index in [1.165, 1.54) is 0 Å². The van der Waals surface area contributed by atoms with Crippen molar-refractivity contribution in [1.82, 2.24) is 59.5 Å². The van der Waals surface area contributed by atoms with Crippen LogP contribution in [-0.2, 0) is 78.7 Å². The number of fused-ring (bicyclic) bond motifs is 16. The van der Waals surface area contributed by atoms with Gasteiger partial charge in [-0.1, -0.05) is 100 Å². The molecule has 2 aliphatic heterocycles. The van der Waals surface area contributed by atoms with Crippen LogP contribution in [0.5, 0.6) is 0 Å². The fraction of sp³-hybridized carbons (Fsp3) is 0.306. The Balaban J connectivity index is 0.000000209. The number of carbonyl (C=O) groups is 4. The first-order valence-electron chi connectivity index (χ1n) is 30.9. The first kappa shape index (κ1) is 69.5. The second-order valence-corrected chi connectivity index (χ2v) is 25.1. The molecule has 2 aromatic carbocycles. The van der Waals surface area contributed by atoms with Gasteiger partial charge in [0, 0.05) is 66.9 Å². The third-order valence-corrected chi connectivity index (χ3v) is 15.4. The van der Waals surface area contributed by atoms with Crippen LogP contribution in [0.2, 0.25) is 0 Å². The van der Waals surface area contributed by atoms with E-state index in [-0.39, 0.29) is 75.7 Å². The second-order valence-electron chi connectivity index (χ2n) is 25.1. The number of nitrogens with zero attached hydrogens (tertiary/aromatic N) is 12. The van der Waals surface area contributed by atoms with Crippen molar-refractivity contribution in [2.45, 2.75) is 98.9 Å². The van der Waals surface area contributed by atoms with Gasteiger partial charge in [0.15, 0.2) is 6.23 Å². The normalized spacial score (nSPS) is 15.3. The maximum Gasteiger partial charge on any atom is 0.373 e. The van der Waals surface area contributed by atoms with E-state index in [0.29, 0.717) is 60.3 Å². The summed E-state index contributed by atoms with van der Waals surface area (Å²) in [7, 11) is 0. The molecular formula is C72H72N12O12. The first-order valence-corrected chi connectivity index (χ1v) is 30.9. The van der Waals surface area contributed by atoms with Crippen LogP contribution in [0.4, 0.5) is 0 Å². The van der Waals surface area contributed by atoms with Gasteiger partial charge in [-0.2, -0.15) is 19.2 Å². The van der Waals surface area contributed by atoms with E-state index in [2.05, 4.69) is 73.9 Å².